The van der Waals surface area contributed by atoms with Crippen LogP contribution in [0.2, 0.25) is 0 Å². The van der Waals surface area contributed by atoms with Gasteiger partial charge in [0.15, 0.2) is 0 Å². The first-order valence-electron chi connectivity index (χ1n) is 5.51. The van der Waals surface area contributed by atoms with E-state index in [4.69, 9.17) is 4.42 Å². The minimum absolute atomic E-state index is 0.0919. The standard InChI is InChI=1S/C12H20N2O2/c1-9(2)13-7-12(15)14(4)8-11-5-6-16-10(11)3/h5-6,9,13H,7-8H2,1-4H3. The highest BCUT2D eigenvalue weighted by Crippen LogP contribution is 2.10. The van der Waals surface area contributed by atoms with Crippen LogP contribution in [-0.4, -0.2) is 30.4 Å². The summed E-state index contributed by atoms with van der Waals surface area (Å²) in [5.41, 5.74) is 1.06. The van der Waals surface area contributed by atoms with Crippen LogP contribution in [0.1, 0.15) is 25.2 Å². The van der Waals surface area contributed by atoms with Gasteiger partial charge in [0, 0.05) is 25.2 Å². The fourth-order valence-electron chi connectivity index (χ4n) is 1.35. The summed E-state index contributed by atoms with van der Waals surface area (Å²) in [5, 5.41) is 3.11. The smallest absolute Gasteiger partial charge is 0.236 e. The summed E-state index contributed by atoms with van der Waals surface area (Å²) in [6.07, 6.45) is 1.65. The highest BCUT2D eigenvalue weighted by Gasteiger charge is 2.11. The molecule has 1 N–H and O–H groups in total. The zero-order chi connectivity index (χ0) is 12.1. The van der Waals surface area contributed by atoms with Gasteiger partial charge in [-0.1, -0.05) is 13.8 Å². The first-order chi connectivity index (χ1) is 7.50. The van der Waals surface area contributed by atoms with E-state index < -0.39 is 0 Å². The maximum absolute atomic E-state index is 11.7. The van der Waals surface area contributed by atoms with Crippen LogP contribution in [0.3, 0.4) is 0 Å². The van der Waals surface area contributed by atoms with E-state index in [1.54, 1.807) is 18.2 Å². The van der Waals surface area contributed by atoms with Gasteiger partial charge in [-0.15, -0.1) is 0 Å². The van der Waals surface area contributed by atoms with Crippen molar-refractivity contribution < 1.29 is 9.21 Å². The predicted octanol–water partition coefficient (Wildman–Crippen LogP) is 1.54. The largest absolute Gasteiger partial charge is 0.469 e. The van der Waals surface area contributed by atoms with Crippen LogP contribution >= 0.6 is 0 Å². The molecule has 0 aliphatic carbocycles. The van der Waals surface area contributed by atoms with Gasteiger partial charge in [-0.05, 0) is 13.0 Å². The molecule has 16 heavy (non-hydrogen) atoms. The van der Waals surface area contributed by atoms with Gasteiger partial charge >= 0.3 is 0 Å². The number of nitrogens with zero attached hydrogens (tertiary/aromatic N) is 1. The molecule has 0 saturated heterocycles. The first-order valence-corrected chi connectivity index (χ1v) is 5.51. The third-order valence-electron chi connectivity index (χ3n) is 2.46. The minimum atomic E-state index is 0.0919. The van der Waals surface area contributed by atoms with Gasteiger partial charge in [-0.2, -0.15) is 0 Å². The summed E-state index contributed by atoms with van der Waals surface area (Å²) < 4.78 is 5.19. The summed E-state index contributed by atoms with van der Waals surface area (Å²) in [6, 6.07) is 2.22. The van der Waals surface area contributed by atoms with Gasteiger partial charge in [0.05, 0.1) is 12.8 Å². The maximum atomic E-state index is 11.7. The summed E-state index contributed by atoms with van der Waals surface area (Å²) in [4.78, 5) is 13.4. The van der Waals surface area contributed by atoms with Crippen molar-refractivity contribution >= 4 is 5.91 Å². The number of likely N-dealkylation sites (N-methyl/N-ethyl adjacent to an activating group) is 1. The second-order valence-corrected chi connectivity index (χ2v) is 4.29. The Morgan fingerprint density at radius 1 is 1.56 bits per heavy atom. The van der Waals surface area contributed by atoms with E-state index in [1.807, 2.05) is 26.8 Å². The number of carbonyl (C=O) groups is 1. The quantitative estimate of drug-likeness (QED) is 0.825. The van der Waals surface area contributed by atoms with Gasteiger partial charge in [-0.3, -0.25) is 4.79 Å². The molecule has 0 aromatic carbocycles. The lowest BCUT2D eigenvalue weighted by molar-refractivity contribution is -0.129. The average Bonchev–Trinajstić information content (AvgIpc) is 2.60. The summed E-state index contributed by atoms with van der Waals surface area (Å²) in [6.45, 7) is 6.92. The monoisotopic (exact) mass is 224 g/mol. The molecule has 0 unspecified atom stereocenters. The normalized spacial score (nSPS) is 10.8. The lowest BCUT2D eigenvalue weighted by atomic mass is 10.2. The van der Waals surface area contributed by atoms with Crippen molar-refractivity contribution in [1.82, 2.24) is 10.2 Å². The topological polar surface area (TPSA) is 45.5 Å². The van der Waals surface area contributed by atoms with Crippen LogP contribution < -0.4 is 5.32 Å². The Morgan fingerprint density at radius 2 is 2.25 bits per heavy atom. The number of aryl methyl sites for hydroxylation is 1. The Bertz CT molecular complexity index is 345. The van der Waals surface area contributed by atoms with E-state index in [2.05, 4.69) is 5.32 Å². The van der Waals surface area contributed by atoms with E-state index >= 15 is 0 Å². The molecule has 1 amide bonds. The summed E-state index contributed by atoms with van der Waals surface area (Å²) >= 11 is 0. The Morgan fingerprint density at radius 3 is 2.75 bits per heavy atom. The number of amides is 1. The molecule has 4 nitrogen and oxygen atoms in total. The molecule has 0 atom stereocenters. The first kappa shape index (κ1) is 12.8. The van der Waals surface area contributed by atoms with Crippen LogP contribution in [0, 0.1) is 6.92 Å². The molecule has 1 aromatic rings. The third-order valence-corrected chi connectivity index (χ3v) is 2.46. The molecule has 0 bridgehead atoms. The molecule has 0 aliphatic heterocycles. The Balaban J connectivity index is 2.43. The summed E-state index contributed by atoms with van der Waals surface area (Å²) in [7, 11) is 1.80. The van der Waals surface area contributed by atoms with E-state index in [0.29, 0.717) is 19.1 Å². The molecule has 1 aromatic heterocycles. The van der Waals surface area contributed by atoms with Crippen LogP contribution in [0.4, 0.5) is 0 Å². The Kier molecular flexibility index (Phi) is 4.55. The number of furan rings is 1. The SMILES string of the molecule is Cc1occc1CN(C)C(=O)CNC(C)C. The van der Waals surface area contributed by atoms with E-state index in [0.717, 1.165) is 11.3 Å². The van der Waals surface area contributed by atoms with Gasteiger partial charge < -0.3 is 14.6 Å². The molecular weight excluding hydrogens is 204 g/mol. The van der Waals surface area contributed by atoms with Crippen LogP contribution in [-0.2, 0) is 11.3 Å². The van der Waals surface area contributed by atoms with Gasteiger partial charge in [-0.25, -0.2) is 0 Å². The number of hydrogen-bond acceptors (Lipinski definition) is 3. The number of carbonyl (C=O) groups excluding carboxylic acids is 1. The van der Waals surface area contributed by atoms with Crippen molar-refractivity contribution in [2.75, 3.05) is 13.6 Å². The molecule has 90 valence electrons. The fraction of sp³-hybridized carbons (Fsp3) is 0.583. The number of hydrogen-bond donors (Lipinski definition) is 1. The van der Waals surface area contributed by atoms with Crippen molar-refractivity contribution in [1.29, 1.82) is 0 Å². The maximum Gasteiger partial charge on any atom is 0.236 e. The highest BCUT2D eigenvalue weighted by atomic mass is 16.3. The van der Waals surface area contributed by atoms with Gasteiger partial charge in [0.25, 0.3) is 0 Å². The lowest BCUT2D eigenvalue weighted by Gasteiger charge is -2.18. The van der Waals surface area contributed by atoms with Crippen molar-refractivity contribution in [2.45, 2.75) is 33.4 Å². The molecule has 1 heterocycles. The summed E-state index contributed by atoms with van der Waals surface area (Å²) in [5.74, 6) is 0.964. The molecule has 1 rings (SSSR count). The zero-order valence-corrected chi connectivity index (χ0v) is 10.4. The average molecular weight is 224 g/mol. The molecule has 4 heteroatoms. The Hall–Kier alpha value is -1.29. The number of rotatable bonds is 5. The van der Waals surface area contributed by atoms with Gasteiger partial charge in [0.2, 0.25) is 5.91 Å². The molecule has 0 fully saturated rings. The minimum Gasteiger partial charge on any atom is -0.469 e. The second-order valence-electron chi connectivity index (χ2n) is 4.29. The van der Waals surface area contributed by atoms with Crippen LogP contribution in [0.5, 0.6) is 0 Å². The number of nitrogens with one attached hydrogen (secondary N) is 1. The predicted molar refractivity (Wildman–Crippen MR) is 63.1 cm³/mol. The van der Waals surface area contributed by atoms with Crippen molar-refractivity contribution in [3.05, 3.63) is 23.7 Å². The van der Waals surface area contributed by atoms with Crippen LogP contribution in [0.25, 0.3) is 0 Å². The second kappa shape index (κ2) is 5.70. The molecule has 0 saturated carbocycles. The van der Waals surface area contributed by atoms with Crippen molar-refractivity contribution in [3.63, 3.8) is 0 Å². The van der Waals surface area contributed by atoms with Crippen LogP contribution in [0.15, 0.2) is 16.7 Å². The third kappa shape index (κ3) is 3.70. The van der Waals surface area contributed by atoms with Crippen molar-refractivity contribution in [3.8, 4) is 0 Å². The molecule has 0 radical (unpaired) electrons. The molecular formula is C12H20N2O2. The van der Waals surface area contributed by atoms with E-state index in [-0.39, 0.29) is 5.91 Å². The molecule has 0 aliphatic rings. The van der Waals surface area contributed by atoms with E-state index in [9.17, 15) is 4.79 Å². The fourth-order valence-corrected chi connectivity index (χ4v) is 1.35. The lowest BCUT2D eigenvalue weighted by Crippen LogP contribution is -2.37. The van der Waals surface area contributed by atoms with Crippen molar-refractivity contribution in [2.24, 2.45) is 0 Å². The van der Waals surface area contributed by atoms with E-state index in [1.165, 1.54) is 0 Å². The highest BCUT2D eigenvalue weighted by molar-refractivity contribution is 5.78. The molecule has 0 spiro atoms. The zero-order valence-electron chi connectivity index (χ0n) is 10.4. The Labute approximate surface area is 96.6 Å². The van der Waals surface area contributed by atoms with Gasteiger partial charge in [0.1, 0.15) is 5.76 Å².